The van der Waals surface area contributed by atoms with E-state index in [-0.39, 0.29) is 5.91 Å². The van der Waals surface area contributed by atoms with Crippen molar-refractivity contribution in [1.82, 2.24) is 9.97 Å². The highest BCUT2D eigenvalue weighted by Crippen LogP contribution is 2.10. The van der Waals surface area contributed by atoms with Crippen LogP contribution in [-0.4, -0.2) is 22.4 Å². The number of nitrogens with zero attached hydrogens (tertiary/aromatic N) is 2. The lowest BCUT2D eigenvalue weighted by Gasteiger charge is -2.07. The maximum Gasteiger partial charge on any atom is 0.257 e. The topological polar surface area (TPSA) is 66.9 Å². The van der Waals surface area contributed by atoms with Crippen molar-refractivity contribution in [2.75, 3.05) is 17.2 Å². The zero-order valence-electron chi connectivity index (χ0n) is 11.0. The number of aromatic nitrogens is 2. The van der Waals surface area contributed by atoms with E-state index < -0.39 is 0 Å². The zero-order valence-corrected chi connectivity index (χ0v) is 11.0. The minimum Gasteiger partial charge on any atom is -0.370 e. The van der Waals surface area contributed by atoms with Gasteiger partial charge in [-0.3, -0.25) is 4.79 Å². The fourth-order valence-electron chi connectivity index (χ4n) is 1.65. The summed E-state index contributed by atoms with van der Waals surface area (Å²) in [4.78, 5) is 20.4. The normalized spacial score (nSPS) is 10.0. The maximum atomic E-state index is 12.1. The molecule has 0 fully saturated rings. The number of carbonyl (C=O) groups excluding carboxylic acids is 1. The summed E-state index contributed by atoms with van der Waals surface area (Å²) in [5, 5.41) is 5.83. The van der Waals surface area contributed by atoms with Crippen LogP contribution in [0.25, 0.3) is 0 Å². The number of aryl methyl sites for hydroxylation is 1. The molecule has 5 nitrogen and oxygen atoms in total. The first-order chi connectivity index (χ1) is 9.19. The number of hydrogen-bond acceptors (Lipinski definition) is 4. The highest BCUT2D eigenvalue weighted by molar-refractivity contribution is 6.04. The van der Waals surface area contributed by atoms with E-state index in [9.17, 15) is 4.79 Å². The van der Waals surface area contributed by atoms with E-state index in [1.54, 1.807) is 24.4 Å². The molecule has 0 radical (unpaired) electrons. The van der Waals surface area contributed by atoms with Crippen LogP contribution in [0.2, 0.25) is 0 Å². The van der Waals surface area contributed by atoms with Crippen molar-refractivity contribution in [2.45, 2.75) is 13.8 Å². The molecule has 0 aliphatic carbocycles. The molecule has 0 saturated heterocycles. The van der Waals surface area contributed by atoms with Crippen LogP contribution in [-0.2, 0) is 0 Å². The summed E-state index contributed by atoms with van der Waals surface area (Å²) in [7, 11) is 0. The fraction of sp³-hybridized carbons (Fsp3) is 0.214. The van der Waals surface area contributed by atoms with Gasteiger partial charge in [-0.15, -0.1) is 0 Å². The van der Waals surface area contributed by atoms with Crippen molar-refractivity contribution >= 4 is 17.5 Å². The van der Waals surface area contributed by atoms with E-state index in [0.29, 0.717) is 17.2 Å². The SMILES string of the molecule is CCNc1cc(C(=O)Nc2cccc(C)n2)ccn1. The summed E-state index contributed by atoms with van der Waals surface area (Å²) in [5.74, 6) is 1.04. The van der Waals surface area contributed by atoms with E-state index >= 15 is 0 Å². The van der Waals surface area contributed by atoms with Gasteiger partial charge >= 0.3 is 0 Å². The molecular formula is C14H16N4O. The van der Waals surface area contributed by atoms with Crippen LogP contribution < -0.4 is 10.6 Å². The molecule has 5 heteroatoms. The van der Waals surface area contributed by atoms with Gasteiger partial charge in [0.15, 0.2) is 0 Å². The van der Waals surface area contributed by atoms with Crippen LogP contribution in [0.4, 0.5) is 11.6 Å². The summed E-state index contributed by atoms with van der Waals surface area (Å²) in [6.45, 7) is 4.62. The molecule has 2 rings (SSSR count). The zero-order chi connectivity index (χ0) is 13.7. The molecule has 0 aromatic carbocycles. The second-order valence-electron chi connectivity index (χ2n) is 4.08. The third-order valence-corrected chi connectivity index (χ3v) is 2.51. The number of carbonyl (C=O) groups is 1. The maximum absolute atomic E-state index is 12.1. The molecule has 0 bridgehead atoms. The van der Waals surface area contributed by atoms with Crippen molar-refractivity contribution in [3.8, 4) is 0 Å². The monoisotopic (exact) mass is 256 g/mol. The minimum atomic E-state index is -0.195. The van der Waals surface area contributed by atoms with Crippen molar-refractivity contribution in [3.63, 3.8) is 0 Å². The summed E-state index contributed by atoms with van der Waals surface area (Å²) in [5.41, 5.74) is 1.41. The predicted octanol–water partition coefficient (Wildman–Crippen LogP) is 2.47. The molecule has 0 saturated carbocycles. The van der Waals surface area contributed by atoms with Crippen molar-refractivity contribution in [1.29, 1.82) is 0 Å². The molecular weight excluding hydrogens is 240 g/mol. The average molecular weight is 256 g/mol. The Hall–Kier alpha value is -2.43. The molecule has 0 aliphatic rings. The van der Waals surface area contributed by atoms with Crippen molar-refractivity contribution in [2.24, 2.45) is 0 Å². The molecule has 0 unspecified atom stereocenters. The van der Waals surface area contributed by atoms with Gasteiger partial charge in [-0.25, -0.2) is 9.97 Å². The number of pyridine rings is 2. The molecule has 0 aliphatic heterocycles. The average Bonchev–Trinajstić information content (AvgIpc) is 2.39. The Bertz CT molecular complexity index is 583. The number of hydrogen-bond donors (Lipinski definition) is 2. The minimum absolute atomic E-state index is 0.195. The van der Waals surface area contributed by atoms with Gasteiger partial charge in [0.05, 0.1) is 0 Å². The van der Waals surface area contributed by atoms with Crippen LogP contribution in [0.5, 0.6) is 0 Å². The van der Waals surface area contributed by atoms with Gasteiger partial charge in [-0.2, -0.15) is 0 Å². The van der Waals surface area contributed by atoms with Gasteiger partial charge in [-0.05, 0) is 38.1 Å². The molecule has 2 aromatic rings. The summed E-state index contributed by atoms with van der Waals surface area (Å²) < 4.78 is 0. The van der Waals surface area contributed by atoms with Crippen molar-refractivity contribution < 1.29 is 4.79 Å². The van der Waals surface area contributed by atoms with Crippen LogP contribution in [0.1, 0.15) is 23.0 Å². The van der Waals surface area contributed by atoms with Crippen molar-refractivity contribution in [3.05, 3.63) is 47.8 Å². The number of amides is 1. The van der Waals surface area contributed by atoms with Crippen LogP contribution in [0.3, 0.4) is 0 Å². The Kier molecular flexibility index (Phi) is 4.07. The lowest BCUT2D eigenvalue weighted by Crippen LogP contribution is -2.14. The number of nitrogens with one attached hydrogen (secondary N) is 2. The number of anilines is 2. The Morgan fingerprint density at radius 3 is 2.84 bits per heavy atom. The highest BCUT2D eigenvalue weighted by Gasteiger charge is 2.07. The smallest absolute Gasteiger partial charge is 0.257 e. The van der Waals surface area contributed by atoms with Crippen LogP contribution >= 0.6 is 0 Å². The standard InChI is InChI=1S/C14H16N4O/c1-3-15-13-9-11(7-8-16-13)14(19)18-12-6-4-5-10(2)17-12/h4-9H,3H2,1-2H3,(H,15,16)(H,17,18,19). The van der Waals surface area contributed by atoms with Crippen LogP contribution in [0, 0.1) is 6.92 Å². The van der Waals surface area contributed by atoms with Gasteiger partial charge in [0, 0.05) is 24.0 Å². The first-order valence-electron chi connectivity index (χ1n) is 6.14. The summed E-state index contributed by atoms with van der Waals surface area (Å²) in [6.07, 6.45) is 1.61. The second-order valence-corrected chi connectivity index (χ2v) is 4.08. The molecule has 19 heavy (non-hydrogen) atoms. The Labute approximate surface area is 112 Å². The van der Waals surface area contributed by atoms with E-state index in [4.69, 9.17) is 0 Å². The molecule has 2 heterocycles. The molecule has 1 amide bonds. The predicted molar refractivity (Wildman–Crippen MR) is 75.3 cm³/mol. The second kappa shape index (κ2) is 5.95. The third-order valence-electron chi connectivity index (χ3n) is 2.51. The third kappa shape index (κ3) is 3.51. The lowest BCUT2D eigenvalue weighted by atomic mass is 10.2. The van der Waals surface area contributed by atoms with E-state index in [1.165, 1.54) is 0 Å². The first kappa shape index (κ1) is 13.0. The Morgan fingerprint density at radius 2 is 2.11 bits per heavy atom. The van der Waals surface area contributed by atoms with Crippen LogP contribution in [0.15, 0.2) is 36.5 Å². The summed E-state index contributed by atoms with van der Waals surface area (Å²) >= 11 is 0. The molecule has 0 atom stereocenters. The Balaban J connectivity index is 2.13. The van der Waals surface area contributed by atoms with Gasteiger partial charge in [0.2, 0.25) is 0 Å². The first-order valence-corrected chi connectivity index (χ1v) is 6.14. The fourth-order valence-corrected chi connectivity index (χ4v) is 1.65. The van der Waals surface area contributed by atoms with Gasteiger partial charge in [0.1, 0.15) is 11.6 Å². The van der Waals surface area contributed by atoms with E-state index in [1.807, 2.05) is 26.0 Å². The quantitative estimate of drug-likeness (QED) is 0.881. The number of rotatable bonds is 4. The lowest BCUT2D eigenvalue weighted by molar-refractivity contribution is 0.102. The summed E-state index contributed by atoms with van der Waals surface area (Å²) in [6, 6.07) is 8.89. The van der Waals surface area contributed by atoms with Gasteiger partial charge < -0.3 is 10.6 Å². The van der Waals surface area contributed by atoms with Gasteiger partial charge in [-0.1, -0.05) is 6.07 Å². The molecule has 2 aromatic heterocycles. The van der Waals surface area contributed by atoms with Gasteiger partial charge in [0.25, 0.3) is 5.91 Å². The molecule has 0 spiro atoms. The molecule has 2 N–H and O–H groups in total. The highest BCUT2D eigenvalue weighted by atomic mass is 16.1. The Morgan fingerprint density at radius 1 is 1.26 bits per heavy atom. The largest absolute Gasteiger partial charge is 0.370 e. The van der Waals surface area contributed by atoms with E-state index in [2.05, 4.69) is 20.6 Å². The van der Waals surface area contributed by atoms with E-state index in [0.717, 1.165) is 12.2 Å². The molecule has 98 valence electrons.